The quantitative estimate of drug-likeness (QED) is 0.491. The maximum Gasteiger partial charge on any atom is 0.269 e. The Morgan fingerprint density at radius 3 is 2.26 bits per heavy atom. The second-order valence-corrected chi connectivity index (χ2v) is 8.71. The van der Waals surface area contributed by atoms with Gasteiger partial charge in [-0.1, -0.05) is 12.1 Å². The van der Waals surface area contributed by atoms with Crippen LogP contribution in [0.5, 0.6) is 5.75 Å². The van der Waals surface area contributed by atoms with Crippen LogP contribution in [0.4, 0.5) is 11.4 Å². The molecule has 34 heavy (non-hydrogen) atoms. The normalized spacial score (nSPS) is 17.6. The van der Waals surface area contributed by atoms with Gasteiger partial charge in [-0.3, -0.25) is 19.7 Å². The van der Waals surface area contributed by atoms with Crippen molar-refractivity contribution in [3.05, 3.63) is 64.2 Å². The van der Waals surface area contributed by atoms with Gasteiger partial charge in [-0.05, 0) is 61.9 Å². The molecule has 0 bridgehead atoms. The molecule has 0 unspecified atom stereocenters. The number of rotatable bonds is 7. The summed E-state index contributed by atoms with van der Waals surface area (Å²) < 4.78 is 11.1. The molecule has 2 aromatic rings. The van der Waals surface area contributed by atoms with Crippen LogP contribution in [0, 0.1) is 10.1 Å². The van der Waals surface area contributed by atoms with Gasteiger partial charge in [-0.25, -0.2) is 0 Å². The van der Waals surface area contributed by atoms with E-state index in [1.165, 1.54) is 12.1 Å². The summed E-state index contributed by atoms with van der Waals surface area (Å²) in [7, 11) is 0. The van der Waals surface area contributed by atoms with E-state index in [4.69, 9.17) is 9.47 Å². The molecule has 180 valence electrons. The monoisotopic (exact) mass is 467 g/mol. The van der Waals surface area contributed by atoms with Crippen LogP contribution >= 0.6 is 0 Å². The SMILES string of the molecule is O=C(COc1ccc(NC(=O)C2(c3ccc([N+](=O)[O-])cc3)CCOCC2)cc1)N1CCCCC1. The molecule has 2 aliphatic rings. The third kappa shape index (κ3) is 5.36. The molecule has 2 amide bonds. The van der Waals surface area contributed by atoms with E-state index in [1.54, 1.807) is 36.4 Å². The van der Waals surface area contributed by atoms with Crippen molar-refractivity contribution in [2.24, 2.45) is 0 Å². The Morgan fingerprint density at radius 2 is 1.65 bits per heavy atom. The highest BCUT2D eigenvalue weighted by Crippen LogP contribution is 2.37. The summed E-state index contributed by atoms with van der Waals surface area (Å²) in [6.45, 7) is 2.43. The van der Waals surface area contributed by atoms with Crippen LogP contribution < -0.4 is 10.1 Å². The molecule has 0 aliphatic carbocycles. The Balaban J connectivity index is 1.40. The molecule has 2 saturated heterocycles. The Kier molecular flexibility index (Phi) is 7.42. The first kappa shape index (κ1) is 23.7. The zero-order valence-corrected chi connectivity index (χ0v) is 19.0. The van der Waals surface area contributed by atoms with Crippen LogP contribution in [0.3, 0.4) is 0 Å². The summed E-state index contributed by atoms with van der Waals surface area (Å²) in [5, 5.41) is 14.0. The lowest BCUT2D eigenvalue weighted by Crippen LogP contribution is -2.44. The number of hydrogen-bond donors (Lipinski definition) is 1. The first-order chi connectivity index (χ1) is 16.5. The molecular formula is C25H29N3O6. The van der Waals surface area contributed by atoms with Crippen molar-refractivity contribution < 1.29 is 24.0 Å². The van der Waals surface area contributed by atoms with E-state index in [0.717, 1.165) is 37.9 Å². The molecule has 4 rings (SSSR count). The number of nitro benzene ring substituents is 1. The number of carbonyl (C=O) groups is 2. The average molecular weight is 468 g/mol. The number of anilines is 1. The summed E-state index contributed by atoms with van der Waals surface area (Å²) in [5.74, 6) is 0.361. The number of ether oxygens (including phenoxy) is 2. The molecule has 0 radical (unpaired) electrons. The van der Waals surface area contributed by atoms with E-state index in [1.807, 2.05) is 4.90 Å². The van der Waals surface area contributed by atoms with Crippen molar-refractivity contribution in [1.82, 2.24) is 4.90 Å². The Bertz CT molecular complexity index is 1010. The van der Waals surface area contributed by atoms with Gasteiger partial charge in [0.05, 0.1) is 10.3 Å². The van der Waals surface area contributed by atoms with Crippen LogP contribution in [0.2, 0.25) is 0 Å². The smallest absolute Gasteiger partial charge is 0.269 e. The molecule has 0 spiro atoms. The van der Waals surface area contributed by atoms with Crippen molar-refractivity contribution in [1.29, 1.82) is 0 Å². The third-order valence-electron chi connectivity index (χ3n) is 6.59. The maximum absolute atomic E-state index is 13.4. The number of amides is 2. The van der Waals surface area contributed by atoms with Crippen molar-refractivity contribution in [3.8, 4) is 5.75 Å². The summed E-state index contributed by atoms with van der Waals surface area (Å²) in [4.78, 5) is 38.1. The molecule has 2 fully saturated rings. The summed E-state index contributed by atoms with van der Waals surface area (Å²) in [5.41, 5.74) is 0.493. The first-order valence-corrected chi connectivity index (χ1v) is 11.6. The van der Waals surface area contributed by atoms with Crippen molar-refractivity contribution in [2.75, 3.05) is 38.2 Å². The highest BCUT2D eigenvalue weighted by molar-refractivity contribution is 5.99. The summed E-state index contributed by atoms with van der Waals surface area (Å²) >= 11 is 0. The predicted octanol–water partition coefficient (Wildman–Crippen LogP) is 3.67. The van der Waals surface area contributed by atoms with E-state index in [2.05, 4.69) is 5.32 Å². The van der Waals surface area contributed by atoms with Gasteiger partial charge >= 0.3 is 0 Å². The number of nitrogens with one attached hydrogen (secondary N) is 1. The third-order valence-corrected chi connectivity index (χ3v) is 6.59. The summed E-state index contributed by atoms with van der Waals surface area (Å²) in [6, 6.07) is 13.1. The fourth-order valence-corrected chi connectivity index (χ4v) is 4.53. The van der Waals surface area contributed by atoms with E-state index >= 15 is 0 Å². The molecule has 2 aromatic carbocycles. The van der Waals surface area contributed by atoms with Gasteiger partial charge in [0.2, 0.25) is 5.91 Å². The lowest BCUT2D eigenvalue weighted by atomic mass is 9.73. The highest BCUT2D eigenvalue weighted by Gasteiger charge is 2.42. The number of nitro groups is 1. The Morgan fingerprint density at radius 1 is 1.00 bits per heavy atom. The van der Waals surface area contributed by atoms with Gasteiger partial charge in [0.25, 0.3) is 11.6 Å². The predicted molar refractivity (Wildman–Crippen MR) is 126 cm³/mol. The van der Waals surface area contributed by atoms with Crippen molar-refractivity contribution >= 4 is 23.2 Å². The lowest BCUT2D eigenvalue weighted by Gasteiger charge is -2.36. The topological polar surface area (TPSA) is 111 Å². The van der Waals surface area contributed by atoms with Gasteiger partial charge in [0.15, 0.2) is 6.61 Å². The minimum atomic E-state index is -0.830. The number of nitrogens with zero attached hydrogens (tertiary/aromatic N) is 2. The molecule has 9 nitrogen and oxygen atoms in total. The molecule has 0 saturated carbocycles. The van der Waals surface area contributed by atoms with Crippen molar-refractivity contribution in [2.45, 2.75) is 37.5 Å². The fourth-order valence-electron chi connectivity index (χ4n) is 4.53. The molecule has 1 N–H and O–H groups in total. The number of non-ortho nitro benzene ring substituents is 1. The Labute approximate surface area is 198 Å². The molecule has 9 heteroatoms. The first-order valence-electron chi connectivity index (χ1n) is 11.6. The highest BCUT2D eigenvalue weighted by atomic mass is 16.6. The minimum Gasteiger partial charge on any atom is -0.484 e. The zero-order valence-electron chi connectivity index (χ0n) is 19.0. The second-order valence-electron chi connectivity index (χ2n) is 8.71. The molecule has 2 heterocycles. The van der Waals surface area contributed by atoms with Crippen LogP contribution in [-0.4, -0.2) is 54.5 Å². The van der Waals surface area contributed by atoms with E-state index in [9.17, 15) is 19.7 Å². The van der Waals surface area contributed by atoms with E-state index in [0.29, 0.717) is 37.5 Å². The average Bonchev–Trinajstić information content (AvgIpc) is 2.89. The van der Waals surface area contributed by atoms with Gasteiger partial charge < -0.3 is 19.7 Å². The largest absolute Gasteiger partial charge is 0.484 e. The fraction of sp³-hybridized carbons (Fsp3) is 0.440. The van der Waals surface area contributed by atoms with Crippen LogP contribution in [0.1, 0.15) is 37.7 Å². The van der Waals surface area contributed by atoms with Gasteiger partial charge in [-0.2, -0.15) is 0 Å². The minimum absolute atomic E-state index is 0.00500. The van der Waals surface area contributed by atoms with Gasteiger partial charge in [-0.15, -0.1) is 0 Å². The maximum atomic E-state index is 13.4. The molecule has 0 atom stereocenters. The Hall–Kier alpha value is -3.46. The zero-order chi connectivity index (χ0) is 24.0. The number of carbonyl (C=O) groups excluding carboxylic acids is 2. The second kappa shape index (κ2) is 10.6. The van der Waals surface area contributed by atoms with Gasteiger partial charge in [0.1, 0.15) is 5.75 Å². The van der Waals surface area contributed by atoms with E-state index in [-0.39, 0.29) is 24.1 Å². The number of benzene rings is 2. The molecular weight excluding hydrogens is 438 g/mol. The van der Waals surface area contributed by atoms with Gasteiger partial charge in [0, 0.05) is 44.1 Å². The lowest BCUT2D eigenvalue weighted by molar-refractivity contribution is -0.384. The molecule has 0 aromatic heterocycles. The molecule has 2 aliphatic heterocycles. The van der Waals surface area contributed by atoms with E-state index < -0.39 is 10.3 Å². The number of likely N-dealkylation sites (tertiary alicyclic amines) is 1. The standard InChI is InChI=1S/C25H29N3O6/c29-23(27-14-2-1-3-15-27)18-34-22-10-6-20(7-11-22)26-24(30)25(12-16-33-17-13-25)19-4-8-21(9-5-19)28(31)32/h4-11H,1-3,12-18H2,(H,26,30). The van der Waals surface area contributed by atoms with Crippen LogP contribution in [0.25, 0.3) is 0 Å². The van der Waals surface area contributed by atoms with Crippen LogP contribution in [-0.2, 0) is 19.7 Å². The van der Waals surface area contributed by atoms with Crippen LogP contribution in [0.15, 0.2) is 48.5 Å². The van der Waals surface area contributed by atoms with Crippen molar-refractivity contribution in [3.63, 3.8) is 0 Å². The summed E-state index contributed by atoms with van der Waals surface area (Å²) in [6.07, 6.45) is 4.20. The number of piperidine rings is 1. The number of hydrogen-bond acceptors (Lipinski definition) is 6.